The van der Waals surface area contributed by atoms with Crippen LogP contribution in [0.15, 0.2) is 51.8 Å². The molecule has 5 nitrogen and oxygen atoms in total. The predicted molar refractivity (Wildman–Crippen MR) is 96.4 cm³/mol. The highest BCUT2D eigenvalue weighted by Crippen LogP contribution is 2.28. The first-order chi connectivity index (χ1) is 11.8. The Balaban J connectivity index is 1.68. The van der Waals surface area contributed by atoms with Gasteiger partial charge in [0.25, 0.3) is 5.91 Å². The minimum Gasteiger partial charge on any atom is -0.322 e. The van der Waals surface area contributed by atoms with Gasteiger partial charge in [-0.15, -0.1) is 0 Å². The van der Waals surface area contributed by atoms with E-state index in [1.807, 2.05) is 0 Å². The summed E-state index contributed by atoms with van der Waals surface area (Å²) in [5, 5.41) is 2.55. The first-order valence-electron chi connectivity index (χ1n) is 7.71. The first kappa shape index (κ1) is 18.0. The Morgan fingerprint density at radius 1 is 1.16 bits per heavy atom. The maximum atomic E-state index is 13.8. The van der Waals surface area contributed by atoms with Crippen molar-refractivity contribution in [3.05, 3.63) is 58.3 Å². The maximum absolute atomic E-state index is 13.8. The number of carbonyl (C=O) groups excluding carboxylic acids is 1. The summed E-state index contributed by atoms with van der Waals surface area (Å²) in [7, 11) is -3.55. The fourth-order valence-corrected chi connectivity index (χ4v) is 3.67. The molecule has 0 spiro atoms. The molecule has 25 heavy (non-hydrogen) atoms. The van der Waals surface area contributed by atoms with Crippen LogP contribution in [0.25, 0.3) is 0 Å². The van der Waals surface area contributed by atoms with Crippen molar-refractivity contribution in [3.8, 4) is 0 Å². The van der Waals surface area contributed by atoms with Crippen LogP contribution in [0.2, 0.25) is 0 Å². The zero-order valence-corrected chi connectivity index (χ0v) is 15.5. The van der Waals surface area contributed by atoms with Gasteiger partial charge in [0.2, 0.25) is 10.0 Å². The molecule has 8 heteroatoms. The summed E-state index contributed by atoms with van der Waals surface area (Å²) in [5.41, 5.74) is 0.291. The fraction of sp³-hybridized carbons (Fsp3) is 0.235. The van der Waals surface area contributed by atoms with Gasteiger partial charge in [0.1, 0.15) is 5.82 Å². The molecule has 2 N–H and O–H groups in total. The Hall–Kier alpha value is -1.77. The molecule has 1 fully saturated rings. The van der Waals surface area contributed by atoms with Gasteiger partial charge in [-0.25, -0.2) is 17.5 Å². The highest BCUT2D eigenvalue weighted by Gasteiger charge is 2.24. The molecule has 0 unspecified atom stereocenters. The summed E-state index contributed by atoms with van der Waals surface area (Å²) in [6.45, 7) is 0.448. The normalized spacial score (nSPS) is 14.3. The lowest BCUT2D eigenvalue weighted by Gasteiger charge is -2.09. The molecule has 0 saturated heterocycles. The highest BCUT2D eigenvalue weighted by molar-refractivity contribution is 9.10. The molecule has 1 amide bonds. The van der Waals surface area contributed by atoms with Crippen LogP contribution in [0.1, 0.15) is 23.2 Å². The van der Waals surface area contributed by atoms with Gasteiger partial charge in [-0.3, -0.25) is 4.79 Å². The summed E-state index contributed by atoms with van der Waals surface area (Å²) in [6, 6.07) is 9.90. The number of hydrogen-bond acceptors (Lipinski definition) is 3. The SMILES string of the molecule is O=C(Nc1ccc(S(=O)(=O)NCC2CC2)cc1)c1ccc(Br)cc1F. The Labute approximate surface area is 153 Å². The molecule has 1 aliphatic rings. The number of amides is 1. The molecule has 2 aromatic rings. The van der Waals surface area contributed by atoms with E-state index >= 15 is 0 Å². The number of benzene rings is 2. The summed E-state index contributed by atoms with van der Waals surface area (Å²) in [5.74, 6) is -0.808. The number of halogens is 2. The Morgan fingerprint density at radius 2 is 1.84 bits per heavy atom. The van der Waals surface area contributed by atoms with Gasteiger partial charge in [0, 0.05) is 16.7 Å². The smallest absolute Gasteiger partial charge is 0.258 e. The number of anilines is 1. The van der Waals surface area contributed by atoms with Gasteiger partial charge in [0.15, 0.2) is 0 Å². The van der Waals surface area contributed by atoms with Crippen LogP contribution >= 0.6 is 15.9 Å². The number of nitrogens with one attached hydrogen (secondary N) is 2. The van der Waals surface area contributed by atoms with Crippen molar-refractivity contribution in [2.45, 2.75) is 17.7 Å². The van der Waals surface area contributed by atoms with E-state index in [4.69, 9.17) is 0 Å². The van der Waals surface area contributed by atoms with Crippen molar-refractivity contribution in [2.75, 3.05) is 11.9 Å². The number of hydrogen-bond donors (Lipinski definition) is 2. The molecule has 0 bridgehead atoms. The molecule has 2 aromatic carbocycles. The number of rotatable bonds is 6. The number of carbonyl (C=O) groups is 1. The van der Waals surface area contributed by atoms with Gasteiger partial charge in [-0.1, -0.05) is 15.9 Å². The van der Waals surface area contributed by atoms with Gasteiger partial charge in [-0.05, 0) is 61.2 Å². The molecule has 3 rings (SSSR count). The molecule has 1 aliphatic carbocycles. The van der Waals surface area contributed by atoms with Crippen LogP contribution in [0, 0.1) is 11.7 Å². The summed E-state index contributed by atoms with van der Waals surface area (Å²) < 4.78 is 41.2. The third-order valence-electron chi connectivity index (χ3n) is 3.86. The molecule has 1 saturated carbocycles. The lowest BCUT2D eigenvalue weighted by molar-refractivity contribution is 0.102. The van der Waals surface area contributed by atoms with Gasteiger partial charge in [0.05, 0.1) is 10.5 Å². The van der Waals surface area contributed by atoms with Gasteiger partial charge >= 0.3 is 0 Å². The van der Waals surface area contributed by atoms with E-state index in [1.54, 1.807) is 6.07 Å². The largest absolute Gasteiger partial charge is 0.322 e. The third kappa shape index (κ3) is 4.65. The minimum absolute atomic E-state index is 0.0917. The molecule has 0 aromatic heterocycles. The Bertz CT molecular complexity index is 897. The van der Waals surface area contributed by atoms with E-state index in [0.29, 0.717) is 22.6 Å². The summed E-state index contributed by atoms with van der Waals surface area (Å²) in [4.78, 5) is 12.2. The van der Waals surface area contributed by atoms with Crippen LogP contribution in [-0.4, -0.2) is 20.9 Å². The van der Waals surface area contributed by atoms with Crippen molar-refractivity contribution >= 4 is 37.5 Å². The Kier molecular flexibility index (Phi) is 5.21. The van der Waals surface area contributed by atoms with E-state index < -0.39 is 21.7 Å². The molecule has 0 atom stereocenters. The molecular weight excluding hydrogens is 411 g/mol. The van der Waals surface area contributed by atoms with E-state index in [9.17, 15) is 17.6 Å². The lowest BCUT2D eigenvalue weighted by atomic mass is 10.2. The van der Waals surface area contributed by atoms with Crippen molar-refractivity contribution in [1.29, 1.82) is 0 Å². The van der Waals surface area contributed by atoms with Gasteiger partial charge < -0.3 is 5.32 Å². The predicted octanol–water partition coefficient (Wildman–Crippen LogP) is 3.53. The second-order valence-electron chi connectivity index (χ2n) is 5.90. The van der Waals surface area contributed by atoms with Crippen LogP contribution < -0.4 is 10.0 Å². The summed E-state index contributed by atoms with van der Waals surface area (Å²) in [6.07, 6.45) is 2.11. The minimum atomic E-state index is -3.55. The molecule has 0 aliphatic heterocycles. The van der Waals surface area contributed by atoms with Crippen LogP contribution in [0.4, 0.5) is 10.1 Å². The average Bonchev–Trinajstić information content (AvgIpc) is 3.38. The Morgan fingerprint density at radius 3 is 2.44 bits per heavy atom. The van der Waals surface area contributed by atoms with Crippen LogP contribution in [-0.2, 0) is 10.0 Å². The topological polar surface area (TPSA) is 75.3 Å². The molecule has 0 radical (unpaired) electrons. The van der Waals surface area contributed by atoms with Crippen LogP contribution in [0.5, 0.6) is 0 Å². The zero-order valence-electron chi connectivity index (χ0n) is 13.1. The van der Waals surface area contributed by atoms with Gasteiger partial charge in [-0.2, -0.15) is 0 Å². The van der Waals surface area contributed by atoms with Crippen LogP contribution in [0.3, 0.4) is 0 Å². The molecular formula is C17H16BrFN2O3S. The third-order valence-corrected chi connectivity index (χ3v) is 5.79. The zero-order chi connectivity index (χ0) is 18.0. The fourth-order valence-electron chi connectivity index (χ4n) is 2.22. The van der Waals surface area contributed by atoms with Crippen molar-refractivity contribution in [1.82, 2.24) is 4.72 Å². The summed E-state index contributed by atoms with van der Waals surface area (Å²) >= 11 is 3.13. The standard InChI is InChI=1S/C17H16BrFN2O3S/c18-12-3-8-15(16(19)9-12)17(22)21-13-4-6-14(7-5-13)25(23,24)20-10-11-1-2-11/h3-9,11,20H,1-2,10H2,(H,21,22). The second kappa shape index (κ2) is 7.23. The quantitative estimate of drug-likeness (QED) is 0.741. The van der Waals surface area contributed by atoms with Crippen molar-refractivity contribution in [2.24, 2.45) is 5.92 Å². The molecule has 0 heterocycles. The highest BCUT2D eigenvalue weighted by atomic mass is 79.9. The van der Waals surface area contributed by atoms with E-state index in [1.165, 1.54) is 36.4 Å². The molecule has 132 valence electrons. The van der Waals surface area contributed by atoms with E-state index in [2.05, 4.69) is 26.0 Å². The average molecular weight is 427 g/mol. The first-order valence-corrected chi connectivity index (χ1v) is 9.99. The lowest BCUT2D eigenvalue weighted by Crippen LogP contribution is -2.25. The number of sulfonamides is 1. The van der Waals surface area contributed by atoms with E-state index in [0.717, 1.165) is 12.8 Å². The van der Waals surface area contributed by atoms with E-state index in [-0.39, 0.29) is 10.5 Å². The van der Waals surface area contributed by atoms with Crippen molar-refractivity contribution in [3.63, 3.8) is 0 Å². The monoisotopic (exact) mass is 426 g/mol. The van der Waals surface area contributed by atoms with Crippen molar-refractivity contribution < 1.29 is 17.6 Å². The maximum Gasteiger partial charge on any atom is 0.258 e. The second-order valence-corrected chi connectivity index (χ2v) is 8.58.